The summed E-state index contributed by atoms with van der Waals surface area (Å²) in [5.41, 5.74) is -0.812. The molecule has 0 atom stereocenters. The second-order valence-electron chi connectivity index (χ2n) is 4.79. The van der Waals surface area contributed by atoms with E-state index in [1.165, 1.54) is 0 Å². The predicted octanol–water partition coefficient (Wildman–Crippen LogP) is 0.419. The molecule has 2 rings (SSSR count). The van der Waals surface area contributed by atoms with E-state index < -0.39 is 5.41 Å². The molecule has 17 heavy (non-hydrogen) atoms. The fourth-order valence-corrected chi connectivity index (χ4v) is 2.62. The highest BCUT2D eigenvalue weighted by Crippen LogP contribution is 2.39. The molecular formula is C12H17N3O2. The van der Waals surface area contributed by atoms with E-state index in [9.17, 15) is 14.9 Å². The van der Waals surface area contributed by atoms with Crippen LogP contribution in [0.15, 0.2) is 0 Å². The highest BCUT2D eigenvalue weighted by Gasteiger charge is 2.44. The summed E-state index contributed by atoms with van der Waals surface area (Å²) in [6.07, 6.45) is 3.57. The lowest BCUT2D eigenvalue weighted by molar-refractivity contribution is -0.138. The topological polar surface area (TPSA) is 73.2 Å². The SMILES string of the molecule is N#CC1(C(=O)N2CCNC(=O)CC2)CCCC1. The average molecular weight is 235 g/mol. The first kappa shape index (κ1) is 11.9. The molecule has 92 valence electrons. The Morgan fingerprint density at radius 1 is 1.35 bits per heavy atom. The minimum atomic E-state index is -0.812. The molecule has 1 heterocycles. The molecule has 2 fully saturated rings. The van der Waals surface area contributed by atoms with Crippen molar-refractivity contribution < 1.29 is 9.59 Å². The quantitative estimate of drug-likeness (QED) is 0.715. The van der Waals surface area contributed by atoms with Crippen LogP contribution in [0.3, 0.4) is 0 Å². The van der Waals surface area contributed by atoms with Crippen LogP contribution in [-0.2, 0) is 9.59 Å². The van der Waals surface area contributed by atoms with Crippen LogP contribution in [0.2, 0.25) is 0 Å². The van der Waals surface area contributed by atoms with Crippen LogP contribution in [0.4, 0.5) is 0 Å². The highest BCUT2D eigenvalue weighted by molar-refractivity contribution is 5.87. The molecule has 0 spiro atoms. The molecule has 1 N–H and O–H groups in total. The van der Waals surface area contributed by atoms with Crippen molar-refractivity contribution in [1.29, 1.82) is 5.26 Å². The normalized spacial score (nSPS) is 23.7. The lowest BCUT2D eigenvalue weighted by Gasteiger charge is -2.28. The number of hydrogen-bond donors (Lipinski definition) is 1. The Balaban J connectivity index is 2.08. The molecule has 5 heteroatoms. The third-order valence-corrected chi connectivity index (χ3v) is 3.68. The largest absolute Gasteiger partial charge is 0.354 e. The first-order valence-electron chi connectivity index (χ1n) is 6.15. The monoisotopic (exact) mass is 235 g/mol. The van der Waals surface area contributed by atoms with Crippen molar-refractivity contribution in [3.05, 3.63) is 0 Å². The standard InChI is InChI=1S/C12H17N3O2/c13-9-12(4-1-2-5-12)11(17)15-7-3-10(16)14-6-8-15/h1-8H2,(H,14,16). The van der Waals surface area contributed by atoms with Crippen molar-refractivity contribution in [2.75, 3.05) is 19.6 Å². The molecule has 1 aliphatic heterocycles. The van der Waals surface area contributed by atoms with E-state index in [2.05, 4.69) is 11.4 Å². The van der Waals surface area contributed by atoms with Crippen molar-refractivity contribution in [2.45, 2.75) is 32.1 Å². The van der Waals surface area contributed by atoms with Crippen molar-refractivity contribution in [1.82, 2.24) is 10.2 Å². The Morgan fingerprint density at radius 2 is 2.06 bits per heavy atom. The number of amides is 2. The second kappa shape index (κ2) is 4.74. The zero-order valence-electron chi connectivity index (χ0n) is 9.87. The molecule has 1 saturated heterocycles. The van der Waals surface area contributed by atoms with E-state index in [0.29, 0.717) is 38.9 Å². The number of carbonyl (C=O) groups excluding carboxylic acids is 2. The second-order valence-corrected chi connectivity index (χ2v) is 4.79. The van der Waals surface area contributed by atoms with Crippen LogP contribution < -0.4 is 5.32 Å². The van der Waals surface area contributed by atoms with Gasteiger partial charge in [0.2, 0.25) is 11.8 Å². The van der Waals surface area contributed by atoms with Crippen molar-refractivity contribution >= 4 is 11.8 Å². The summed E-state index contributed by atoms with van der Waals surface area (Å²) in [6, 6.07) is 2.21. The Hall–Kier alpha value is -1.57. The van der Waals surface area contributed by atoms with Gasteiger partial charge in [0.05, 0.1) is 6.07 Å². The number of carbonyl (C=O) groups is 2. The Labute approximate surface area is 101 Å². The molecule has 2 amide bonds. The first-order valence-corrected chi connectivity index (χ1v) is 6.15. The molecule has 0 bridgehead atoms. The minimum Gasteiger partial charge on any atom is -0.354 e. The van der Waals surface area contributed by atoms with Gasteiger partial charge in [-0.3, -0.25) is 9.59 Å². The Kier molecular flexibility index (Phi) is 3.32. The summed E-state index contributed by atoms with van der Waals surface area (Å²) >= 11 is 0. The molecule has 0 aromatic rings. The number of nitriles is 1. The van der Waals surface area contributed by atoms with Gasteiger partial charge < -0.3 is 10.2 Å². The van der Waals surface area contributed by atoms with E-state index in [1.807, 2.05) is 0 Å². The molecule has 0 unspecified atom stereocenters. The maximum absolute atomic E-state index is 12.4. The van der Waals surface area contributed by atoms with Crippen molar-refractivity contribution in [3.63, 3.8) is 0 Å². The summed E-state index contributed by atoms with van der Waals surface area (Å²) in [4.78, 5) is 25.3. The van der Waals surface area contributed by atoms with Crippen molar-refractivity contribution in [2.24, 2.45) is 5.41 Å². The van der Waals surface area contributed by atoms with Gasteiger partial charge in [0, 0.05) is 26.1 Å². The smallest absolute Gasteiger partial charge is 0.243 e. The van der Waals surface area contributed by atoms with Crippen molar-refractivity contribution in [3.8, 4) is 6.07 Å². The molecule has 1 saturated carbocycles. The zero-order chi connectivity index (χ0) is 12.3. The highest BCUT2D eigenvalue weighted by atomic mass is 16.2. The lowest BCUT2D eigenvalue weighted by atomic mass is 9.86. The van der Waals surface area contributed by atoms with Crippen LogP contribution in [-0.4, -0.2) is 36.3 Å². The predicted molar refractivity (Wildman–Crippen MR) is 60.7 cm³/mol. The fraction of sp³-hybridized carbons (Fsp3) is 0.750. The molecule has 0 aromatic carbocycles. The number of hydrogen-bond acceptors (Lipinski definition) is 3. The van der Waals surface area contributed by atoms with Crippen LogP contribution in [0.5, 0.6) is 0 Å². The first-order chi connectivity index (χ1) is 8.18. The Morgan fingerprint density at radius 3 is 2.71 bits per heavy atom. The third kappa shape index (κ3) is 2.26. The maximum atomic E-state index is 12.4. The summed E-state index contributed by atoms with van der Waals surface area (Å²) < 4.78 is 0. The number of nitrogens with one attached hydrogen (secondary N) is 1. The van der Waals surface area contributed by atoms with Gasteiger partial charge in [0.1, 0.15) is 5.41 Å². The molecular weight excluding hydrogens is 218 g/mol. The summed E-state index contributed by atoms with van der Waals surface area (Å²) in [7, 11) is 0. The maximum Gasteiger partial charge on any atom is 0.243 e. The van der Waals surface area contributed by atoms with Gasteiger partial charge in [0.15, 0.2) is 0 Å². The van der Waals surface area contributed by atoms with Gasteiger partial charge in [-0.15, -0.1) is 0 Å². The molecule has 2 aliphatic rings. The molecule has 0 radical (unpaired) electrons. The third-order valence-electron chi connectivity index (χ3n) is 3.68. The van der Waals surface area contributed by atoms with E-state index in [4.69, 9.17) is 0 Å². The zero-order valence-corrected chi connectivity index (χ0v) is 9.87. The van der Waals surface area contributed by atoms with Gasteiger partial charge in [0.25, 0.3) is 0 Å². The molecule has 5 nitrogen and oxygen atoms in total. The summed E-state index contributed by atoms with van der Waals surface area (Å²) in [5.74, 6) is -0.0910. The van der Waals surface area contributed by atoms with Crippen LogP contribution in [0, 0.1) is 16.7 Å². The number of nitrogens with zero attached hydrogens (tertiary/aromatic N) is 2. The summed E-state index contributed by atoms with van der Waals surface area (Å²) in [5, 5.41) is 12.0. The lowest BCUT2D eigenvalue weighted by Crippen LogP contribution is -2.43. The van der Waals surface area contributed by atoms with Gasteiger partial charge >= 0.3 is 0 Å². The van der Waals surface area contributed by atoms with E-state index in [0.717, 1.165) is 12.8 Å². The van der Waals surface area contributed by atoms with E-state index in [1.54, 1.807) is 4.90 Å². The van der Waals surface area contributed by atoms with Crippen LogP contribution in [0.1, 0.15) is 32.1 Å². The van der Waals surface area contributed by atoms with E-state index >= 15 is 0 Å². The minimum absolute atomic E-state index is 0.0160. The summed E-state index contributed by atoms with van der Waals surface area (Å²) in [6.45, 7) is 1.45. The van der Waals surface area contributed by atoms with Gasteiger partial charge in [-0.25, -0.2) is 0 Å². The fourth-order valence-electron chi connectivity index (χ4n) is 2.62. The van der Waals surface area contributed by atoms with Crippen LogP contribution >= 0.6 is 0 Å². The van der Waals surface area contributed by atoms with Crippen LogP contribution in [0.25, 0.3) is 0 Å². The van der Waals surface area contributed by atoms with Gasteiger partial charge in [-0.1, -0.05) is 12.8 Å². The van der Waals surface area contributed by atoms with E-state index in [-0.39, 0.29) is 11.8 Å². The average Bonchev–Trinajstić information content (AvgIpc) is 2.73. The van der Waals surface area contributed by atoms with Gasteiger partial charge in [-0.2, -0.15) is 5.26 Å². The molecule has 1 aliphatic carbocycles. The van der Waals surface area contributed by atoms with Gasteiger partial charge in [-0.05, 0) is 12.8 Å². The Bertz CT molecular complexity index is 366. The number of rotatable bonds is 1. The molecule has 0 aromatic heterocycles.